The van der Waals surface area contributed by atoms with Crippen LogP contribution in [0.25, 0.3) is 0 Å². The number of hydrogen-bond acceptors (Lipinski definition) is 3. The predicted molar refractivity (Wildman–Crippen MR) is 86.7 cm³/mol. The first-order chi connectivity index (χ1) is 9.62. The molecule has 3 N–H and O–H groups in total. The van der Waals surface area contributed by atoms with E-state index in [2.05, 4.69) is 35.1 Å². The van der Waals surface area contributed by atoms with Gasteiger partial charge in [-0.2, -0.15) is 0 Å². The summed E-state index contributed by atoms with van der Waals surface area (Å²) in [6.45, 7) is 6.44. The average Bonchev–Trinajstić information content (AvgIpc) is 2.35. The number of nitrogens with one attached hydrogen (secondary N) is 1. The van der Waals surface area contributed by atoms with Gasteiger partial charge in [-0.25, -0.2) is 13.6 Å². The Kier molecular flexibility index (Phi) is 6.37. The second-order valence-electron chi connectivity index (χ2n) is 5.42. The van der Waals surface area contributed by atoms with Gasteiger partial charge in [-0.3, -0.25) is 4.79 Å². The number of carbonyl (C=O) groups is 1. The van der Waals surface area contributed by atoms with E-state index >= 15 is 0 Å². The van der Waals surface area contributed by atoms with Crippen LogP contribution in [-0.4, -0.2) is 20.9 Å². The molecule has 1 rings (SSSR count). The molecule has 0 aliphatic heterocycles. The standard InChI is InChI=1S/C14H21BrN2O3S/c1-9(2)5-4-6-17-14(18)11-7-12(15)10(3)13(8-11)21(16,19)20/h7-9H,4-6H2,1-3H3,(H,17,18)(H2,16,19,20). The summed E-state index contributed by atoms with van der Waals surface area (Å²) < 4.78 is 23.6. The SMILES string of the molecule is Cc1c(Br)cc(C(=O)NCCCC(C)C)cc1S(N)(=O)=O. The molecule has 0 aromatic heterocycles. The molecular formula is C14H21BrN2O3S. The fraction of sp³-hybridized carbons (Fsp3) is 0.500. The first kappa shape index (κ1) is 18.1. The van der Waals surface area contributed by atoms with E-state index in [4.69, 9.17) is 5.14 Å². The topological polar surface area (TPSA) is 89.3 Å². The van der Waals surface area contributed by atoms with Gasteiger partial charge in [0, 0.05) is 16.6 Å². The van der Waals surface area contributed by atoms with Crippen LogP contribution in [0.2, 0.25) is 0 Å². The molecule has 1 amide bonds. The van der Waals surface area contributed by atoms with E-state index in [0.717, 1.165) is 12.8 Å². The minimum absolute atomic E-state index is 0.0378. The second kappa shape index (κ2) is 7.38. The molecule has 0 bridgehead atoms. The summed E-state index contributed by atoms with van der Waals surface area (Å²) in [7, 11) is -3.86. The van der Waals surface area contributed by atoms with Crippen LogP contribution >= 0.6 is 15.9 Å². The Morgan fingerprint density at radius 1 is 1.38 bits per heavy atom. The van der Waals surface area contributed by atoms with Gasteiger partial charge in [0.2, 0.25) is 10.0 Å². The van der Waals surface area contributed by atoms with Crippen LogP contribution in [0.5, 0.6) is 0 Å². The average molecular weight is 377 g/mol. The highest BCUT2D eigenvalue weighted by Crippen LogP contribution is 2.25. The number of amides is 1. The lowest BCUT2D eigenvalue weighted by molar-refractivity contribution is 0.0952. The van der Waals surface area contributed by atoms with Gasteiger partial charge in [0.05, 0.1) is 4.90 Å². The Labute approximate surface area is 134 Å². The van der Waals surface area contributed by atoms with Crippen molar-refractivity contribution in [3.8, 4) is 0 Å². The molecule has 0 atom stereocenters. The van der Waals surface area contributed by atoms with E-state index in [1.807, 2.05) is 0 Å². The van der Waals surface area contributed by atoms with Gasteiger partial charge in [-0.05, 0) is 43.4 Å². The van der Waals surface area contributed by atoms with Crippen molar-refractivity contribution >= 4 is 31.9 Å². The minimum atomic E-state index is -3.86. The van der Waals surface area contributed by atoms with Crippen molar-refractivity contribution in [2.45, 2.75) is 38.5 Å². The number of benzene rings is 1. The van der Waals surface area contributed by atoms with Gasteiger partial charge >= 0.3 is 0 Å². The van der Waals surface area contributed by atoms with E-state index in [1.165, 1.54) is 6.07 Å². The summed E-state index contributed by atoms with van der Waals surface area (Å²) in [6.07, 6.45) is 1.92. The maximum atomic E-state index is 12.1. The number of halogens is 1. The summed E-state index contributed by atoms with van der Waals surface area (Å²) in [5.74, 6) is 0.286. The number of carbonyl (C=O) groups excluding carboxylic acids is 1. The molecular weight excluding hydrogens is 356 g/mol. The molecule has 118 valence electrons. The normalized spacial score (nSPS) is 11.7. The van der Waals surface area contributed by atoms with Crippen LogP contribution in [0, 0.1) is 12.8 Å². The third-order valence-corrected chi connectivity index (χ3v) is 4.97. The van der Waals surface area contributed by atoms with Crippen molar-refractivity contribution in [1.82, 2.24) is 5.32 Å². The number of nitrogens with two attached hydrogens (primary N) is 1. The molecule has 0 spiro atoms. The van der Waals surface area contributed by atoms with Crippen LogP contribution in [0.1, 0.15) is 42.6 Å². The largest absolute Gasteiger partial charge is 0.352 e. The Balaban J connectivity index is 2.89. The summed E-state index contributed by atoms with van der Waals surface area (Å²) >= 11 is 3.26. The van der Waals surface area contributed by atoms with E-state index in [1.54, 1.807) is 13.0 Å². The zero-order valence-corrected chi connectivity index (χ0v) is 14.8. The maximum Gasteiger partial charge on any atom is 0.251 e. The Morgan fingerprint density at radius 3 is 2.52 bits per heavy atom. The molecule has 21 heavy (non-hydrogen) atoms. The highest BCUT2D eigenvalue weighted by molar-refractivity contribution is 9.10. The summed E-state index contributed by atoms with van der Waals surface area (Å²) in [6, 6.07) is 2.91. The van der Waals surface area contributed by atoms with Crippen molar-refractivity contribution < 1.29 is 13.2 Å². The molecule has 0 saturated carbocycles. The van der Waals surface area contributed by atoms with Gasteiger partial charge in [-0.15, -0.1) is 0 Å². The van der Waals surface area contributed by atoms with E-state index < -0.39 is 10.0 Å². The van der Waals surface area contributed by atoms with E-state index in [0.29, 0.717) is 22.5 Å². The molecule has 1 aromatic rings. The molecule has 0 radical (unpaired) electrons. The Morgan fingerprint density at radius 2 is 2.00 bits per heavy atom. The maximum absolute atomic E-state index is 12.1. The van der Waals surface area contributed by atoms with Gasteiger partial charge < -0.3 is 5.32 Å². The van der Waals surface area contributed by atoms with Crippen LogP contribution in [0.3, 0.4) is 0 Å². The molecule has 0 aliphatic carbocycles. The summed E-state index contributed by atoms with van der Waals surface area (Å²) in [4.78, 5) is 12.0. The second-order valence-corrected chi connectivity index (χ2v) is 7.80. The van der Waals surface area contributed by atoms with Gasteiger partial charge in [0.25, 0.3) is 5.91 Å². The molecule has 0 aliphatic rings. The minimum Gasteiger partial charge on any atom is -0.352 e. The molecule has 5 nitrogen and oxygen atoms in total. The molecule has 1 aromatic carbocycles. The third-order valence-electron chi connectivity index (χ3n) is 3.11. The van der Waals surface area contributed by atoms with Gasteiger partial charge in [0.1, 0.15) is 0 Å². The molecule has 0 unspecified atom stereocenters. The number of hydrogen-bond donors (Lipinski definition) is 2. The van der Waals surface area contributed by atoms with E-state index in [9.17, 15) is 13.2 Å². The van der Waals surface area contributed by atoms with E-state index in [-0.39, 0.29) is 16.4 Å². The third kappa shape index (κ3) is 5.41. The number of primary sulfonamides is 1. The highest BCUT2D eigenvalue weighted by Gasteiger charge is 2.17. The molecule has 0 heterocycles. The van der Waals surface area contributed by atoms with Gasteiger partial charge in [0.15, 0.2) is 0 Å². The lowest BCUT2D eigenvalue weighted by atomic mass is 10.1. The lowest BCUT2D eigenvalue weighted by Crippen LogP contribution is -2.25. The summed E-state index contributed by atoms with van der Waals surface area (Å²) in [5, 5.41) is 7.95. The van der Waals surface area contributed by atoms with Crippen molar-refractivity contribution in [2.75, 3.05) is 6.54 Å². The van der Waals surface area contributed by atoms with Crippen LogP contribution in [0.4, 0.5) is 0 Å². The first-order valence-electron chi connectivity index (χ1n) is 6.74. The Bertz CT molecular complexity index is 627. The highest BCUT2D eigenvalue weighted by atomic mass is 79.9. The quantitative estimate of drug-likeness (QED) is 0.747. The van der Waals surface area contributed by atoms with Crippen molar-refractivity contribution in [3.05, 3.63) is 27.7 Å². The molecule has 0 fully saturated rings. The fourth-order valence-corrected chi connectivity index (χ4v) is 3.31. The lowest BCUT2D eigenvalue weighted by Gasteiger charge is -2.11. The first-order valence-corrected chi connectivity index (χ1v) is 9.08. The van der Waals surface area contributed by atoms with Crippen LogP contribution < -0.4 is 10.5 Å². The molecule has 7 heteroatoms. The fourth-order valence-electron chi connectivity index (χ4n) is 1.89. The number of sulfonamides is 1. The predicted octanol–water partition coefficient (Wildman–Crippen LogP) is 2.57. The Hall–Kier alpha value is -0.920. The smallest absolute Gasteiger partial charge is 0.251 e. The number of rotatable bonds is 6. The zero-order chi connectivity index (χ0) is 16.2. The monoisotopic (exact) mass is 376 g/mol. The van der Waals surface area contributed by atoms with Gasteiger partial charge in [-0.1, -0.05) is 29.8 Å². The van der Waals surface area contributed by atoms with Crippen LogP contribution in [-0.2, 0) is 10.0 Å². The van der Waals surface area contributed by atoms with Crippen molar-refractivity contribution in [3.63, 3.8) is 0 Å². The van der Waals surface area contributed by atoms with Crippen LogP contribution in [0.15, 0.2) is 21.5 Å². The van der Waals surface area contributed by atoms with Crippen molar-refractivity contribution in [1.29, 1.82) is 0 Å². The zero-order valence-electron chi connectivity index (χ0n) is 12.4. The summed E-state index contributed by atoms with van der Waals surface area (Å²) in [5.41, 5.74) is 0.773. The van der Waals surface area contributed by atoms with Crippen molar-refractivity contribution in [2.24, 2.45) is 11.1 Å². The molecule has 0 saturated heterocycles.